The minimum Gasteiger partial charge on any atom is -0.399 e. The molecule has 0 saturated carbocycles. The van der Waals surface area contributed by atoms with E-state index in [1.54, 1.807) is 18.2 Å². The number of hydrogen-bond donors (Lipinski definition) is 3. The topological polar surface area (TPSA) is 75.4 Å². The summed E-state index contributed by atoms with van der Waals surface area (Å²) in [5.74, 6) is -0.301. The van der Waals surface area contributed by atoms with E-state index >= 15 is 0 Å². The number of amides is 1. The van der Waals surface area contributed by atoms with Crippen molar-refractivity contribution in [3.8, 4) is 0 Å². The van der Waals surface area contributed by atoms with Gasteiger partial charge in [0.1, 0.15) is 0 Å². The normalized spacial score (nSPS) is 20.1. The molecule has 4 nitrogen and oxygen atoms in total. The minimum atomic E-state index is -0.622. The summed E-state index contributed by atoms with van der Waals surface area (Å²) in [4.78, 5) is 12.3. The van der Waals surface area contributed by atoms with Crippen LogP contribution >= 0.6 is 11.6 Å². The number of nitrogens with two attached hydrogens (primary N) is 1. The lowest BCUT2D eigenvalue weighted by molar-refractivity contribution is 0.0858. The zero-order valence-corrected chi connectivity index (χ0v) is 12.0. The summed E-state index contributed by atoms with van der Waals surface area (Å²) < 4.78 is 0. The number of hydrogen-bond acceptors (Lipinski definition) is 3. The zero-order chi connectivity index (χ0) is 15.0. The first kappa shape index (κ1) is 13.9. The molecule has 0 bridgehead atoms. The highest BCUT2D eigenvalue weighted by atomic mass is 35.5. The van der Waals surface area contributed by atoms with Crippen molar-refractivity contribution in [1.82, 2.24) is 5.32 Å². The van der Waals surface area contributed by atoms with Crippen LogP contribution in [0.4, 0.5) is 5.69 Å². The number of aliphatic hydroxyl groups is 1. The van der Waals surface area contributed by atoms with Gasteiger partial charge in [0.25, 0.3) is 5.91 Å². The summed E-state index contributed by atoms with van der Waals surface area (Å²) in [5, 5.41) is 13.4. The summed E-state index contributed by atoms with van der Waals surface area (Å²) in [6.45, 7) is 0. The maximum absolute atomic E-state index is 12.3. The maximum atomic E-state index is 12.3. The highest BCUT2D eigenvalue weighted by Crippen LogP contribution is 2.31. The van der Waals surface area contributed by atoms with E-state index in [0.717, 1.165) is 11.1 Å². The van der Waals surface area contributed by atoms with Gasteiger partial charge in [-0.3, -0.25) is 4.79 Å². The molecule has 0 radical (unpaired) electrons. The molecule has 108 valence electrons. The molecule has 1 amide bonds. The number of nitrogens with one attached hydrogen (secondary N) is 1. The molecule has 1 aliphatic rings. The summed E-state index contributed by atoms with van der Waals surface area (Å²) >= 11 is 5.91. The third-order valence-electron chi connectivity index (χ3n) is 3.67. The summed E-state index contributed by atoms with van der Waals surface area (Å²) in [6, 6.07) is 12.0. The van der Waals surface area contributed by atoms with E-state index < -0.39 is 12.1 Å². The van der Waals surface area contributed by atoms with Crippen LogP contribution in [0.25, 0.3) is 0 Å². The van der Waals surface area contributed by atoms with Gasteiger partial charge >= 0.3 is 0 Å². The van der Waals surface area contributed by atoms with E-state index in [0.29, 0.717) is 22.7 Å². The Hall–Kier alpha value is -2.04. The van der Waals surface area contributed by atoms with E-state index in [-0.39, 0.29) is 5.91 Å². The van der Waals surface area contributed by atoms with Gasteiger partial charge in [-0.05, 0) is 29.3 Å². The molecule has 0 saturated heterocycles. The van der Waals surface area contributed by atoms with Crippen molar-refractivity contribution < 1.29 is 9.90 Å². The maximum Gasteiger partial charge on any atom is 0.251 e. The predicted octanol–water partition coefficient (Wildman–Crippen LogP) is 2.31. The highest BCUT2D eigenvalue weighted by Gasteiger charge is 2.32. The third kappa shape index (κ3) is 2.73. The third-order valence-corrected chi connectivity index (χ3v) is 3.89. The van der Waals surface area contributed by atoms with Crippen LogP contribution in [0.2, 0.25) is 5.02 Å². The van der Waals surface area contributed by atoms with Crippen molar-refractivity contribution in [3.05, 3.63) is 64.2 Å². The van der Waals surface area contributed by atoms with Gasteiger partial charge in [0.2, 0.25) is 0 Å². The molecule has 5 heteroatoms. The van der Waals surface area contributed by atoms with Crippen molar-refractivity contribution in [3.63, 3.8) is 0 Å². The van der Waals surface area contributed by atoms with Crippen LogP contribution < -0.4 is 11.1 Å². The first-order valence-corrected chi connectivity index (χ1v) is 7.05. The number of halogens is 1. The smallest absolute Gasteiger partial charge is 0.251 e. The second kappa shape index (κ2) is 5.39. The van der Waals surface area contributed by atoms with Gasteiger partial charge in [-0.1, -0.05) is 35.9 Å². The number of anilines is 1. The summed E-state index contributed by atoms with van der Waals surface area (Å²) in [5.41, 5.74) is 8.52. The van der Waals surface area contributed by atoms with Crippen molar-refractivity contribution in [2.75, 3.05) is 5.73 Å². The van der Waals surface area contributed by atoms with Crippen molar-refractivity contribution >= 4 is 23.2 Å². The number of aliphatic hydroxyl groups excluding tert-OH is 1. The lowest BCUT2D eigenvalue weighted by Crippen LogP contribution is -2.33. The van der Waals surface area contributed by atoms with Crippen LogP contribution in [-0.2, 0) is 6.42 Å². The lowest BCUT2D eigenvalue weighted by atomic mass is 10.1. The van der Waals surface area contributed by atoms with Gasteiger partial charge in [-0.25, -0.2) is 0 Å². The molecule has 2 aromatic carbocycles. The quantitative estimate of drug-likeness (QED) is 0.745. The average molecular weight is 303 g/mol. The molecule has 2 aromatic rings. The molecule has 3 rings (SSSR count). The van der Waals surface area contributed by atoms with Gasteiger partial charge in [0, 0.05) is 22.7 Å². The molecule has 0 aliphatic heterocycles. The Morgan fingerprint density at radius 3 is 2.81 bits per heavy atom. The van der Waals surface area contributed by atoms with Gasteiger partial charge < -0.3 is 16.2 Å². The molecule has 0 heterocycles. The van der Waals surface area contributed by atoms with Gasteiger partial charge in [0.05, 0.1) is 12.1 Å². The predicted molar refractivity (Wildman–Crippen MR) is 82.2 cm³/mol. The second-order valence-corrected chi connectivity index (χ2v) is 5.63. The number of benzene rings is 2. The van der Waals surface area contributed by atoms with Crippen LogP contribution in [0.1, 0.15) is 27.5 Å². The molecule has 1 aliphatic carbocycles. The van der Waals surface area contributed by atoms with E-state index in [2.05, 4.69) is 5.32 Å². The Morgan fingerprint density at radius 1 is 1.29 bits per heavy atom. The summed E-state index contributed by atoms with van der Waals surface area (Å²) in [7, 11) is 0. The van der Waals surface area contributed by atoms with E-state index in [9.17, 15) is 9.90 Å². The number of nitrogen functional groups attached to an aromatic ring is 1. The monoisotopic (exact) mass is 302 g/mol. The zero-order valence-electron chi connectivity index (χ0n) is 11.2. The number of carbonyl (C=O) groups excluding carboxylic acids is 1. The fraction of sp³-hybridized carbons (Fsp3) is 0.188. The molecule has 0 aromatic heterocycles. The van der Waals surface area contributed by atoms with Gasteiger partial charge in [-0.15, -0.1) is 0 Å². The highest BCUT2D eigenvalue weighted by molar-refractivity contribution is 6.31. The Bertz CT molecular complexity index is 682. The van der Waals surface area contributed by atoms with E-state index in [4.69, 9.17) is 17.3 Å². The van der Waals surface area contributed by atoms with Crippen molar-refractivity contribution in [2.45, 2.75) is 18.6 Å². The number of rotatable bonds is 2. The van der Waals surface area contributed by atoms with Crippen molar-refractivity contribution in [2.24, 2.45) is 0 Å². The first-order valence-electron chi connectivity index (χ1n) is 6.67. The summed E-state index contributed by atoms with van der Waals surface area (Å²) in [6.07, 6.45) is -0.0819. The fourth-order valence-electron chi connectivity index (χ4n) is 2.72. The van der Waals surface area contributed by atoms with E-state index in [1.165, 1.54) is 0 Å². The molecule has 0 spiro atoms. The minimum absolute atomic E-state index is 0.301. The molecule has 0 fully saturated rings. The SMILES string of the molecule is Nc1cc(Cl)cc(C(=O)N[C@@H]2c3ccccc3C[C@@H]2O)c1. The van der Waals surface area contributed by atoms with Crippen LogP contribution in [0, 0.1) is 0 Å². The molecule has 0 unspecified atom stereocenters. The molecular formula is C16H15ClN2O2. The van der Waals surface area contributed by atoms with Crippen LogP contribution in [0.3, 0.4) is 0 Å². The van der Waals surface area contributed by atoms with Gasteiger partial charge in [-0.2, -0.15) is 0 Å². The van der Waals surface area contributed by atoms with E-state index in [1.807, 2.05) is 24.3 Å². The molecule has 4 N–H and O–H groups in total. The number of fused-ring (bicyclic) bond motifs is 1. The Morgan fingerprint density at radius 2 is 2.05 bits per heavy atom. The number of carbonyl (C=O) groups is 1. The molecule has 21 heavy (non-hydrogen) atoms. The van der Waals surface area contributed by atoms with Crippen molar-refractivity contribution in [1.29, 1.82) is 0 Å². The lowest BCUT2D eigenvalue weighted by Gasteiger charge is -2.18. The Balaban J connectivity index is 1.85. The van der Waals surface area contributed by atoms with Crippen LogP contribution in [-0.4, -0.2) is 17.1 Å². The Kier molecular flexibility index (Phi) is 3.57. The second-order valence-electron chi connectivity index (χ2n) is 5.19. The molecule has 2 atom stereocenters. The van der Waals surface area contributed by atoms with Crippen LogP contribution in [0.5, 0.6) is 0 Å². The van der Waals surface area contributed by atoms with Gasteiger partial charge in [0.15, 0.2) is 0 Å². The first-order chi connectivity index (χ1) is 10.0. The fourth-order valence-corrected chi connectivity index (χ4v) is 2.96. The average Bonchev–Trinajstić information content (AvgIpc) is 2.74. The Labute approximate surface area is 127 Å². The molecular weight excluding hydrogens is 288 g/mol. The standard InChI is InChI=1S/C16H15ClN2O2/c17-11-5-10(6-12(18)8-11)16(21)19-15-13-4-2-1-3-9(13)7-14(15)20/h1-6,8,14-15,20H,7,18H2,(H,19,21)/t14-,15+/m0/s1. The van der Waals surface area contributed by atoms with Crippen LogP contribution in [0.15, 0.2) is 42.5 Å². The largest absolute Gasteiger partial charge is 0.399 e.